The summed E-state index contributed by atoms with van der Waals surface area (Å²) in [4.78, 5) is 0. The van der Waals surface area contributed by atoms with Crippen molar-refractivity contribution in [3.05, 3.63) is 0 Å². The minimum Gasteiger partial charge on any atom is -0.411 e. The summed E-state index contributed by atoms with van der Waals surface area (Å²) in [5.74, 6) is 0. The Morgan fingerprint density at radius 1 is 1.09 bits per heavy atom. The Balaban J connectivity index is 0. The average molecular weight is 165 g/mol. The van der Waals surface area contributed by atoms with Crippen LogP contribution in [0, 0.1) is 0 Å². The fraction of sp³-hybridized carbons (Fsp3) is 0.500. The van der Waals surface area contributed by atoms with Crippen LogP contribution in [0.1, 0.15) is 13.8 Å². The summed E-state index contributed by atoms with van der Waals surface area (Å²) in [6.07, 6.45) is 0. The van der Waals surface area contributed by atoms with Crippen LogP contribution in [0.5, 0.6) is 0 Å². The van der Waals surface area contributed by atoms with Gasteiger partial charge in [0.05, 0.1) is 0 Å². The Morgan fingerprint density at radius 2 is 1.27 bits per heavy atom. The van der Waals surface area contributed by atoms with Crippen LogP contribution in [0.2, 0.25) is 0 Å². The Hall–Kier alpha value is -1.14. The maximum atomic E-state index is 9.50. The molecule has 0 bridgehead atoms. The average Bonchev–Trinajstić information content (AvgIpc) is 2.03. The van der Waals surface area contributed by atoms with Crippen LogP contribution in [-0.4, -0.2) is 29.7 Å². The number of nitrogens with zero attached hydrogens (tertiary/aromatic N) is 2. The molecule has 0 saturated carbocycles. The van der Waals surface area contributed by atoms with Crippen molar-refractivity contribution in [3.63, 3.8) is 0 Å². The molecular weight excluding hydrogens is 157 g/mol. The van der Waals surface area contributed by atoms with Gasteiger partial charge in [-0.2, -0.15) is 0 Å². The molecule has 0 heterocycles. The third kappa shape index (κ3) is 8.86. The van der Waals surface area contributed by atoms with Gasteiger partial charge in [0.1, 0.15) is 11.4 Å². The van der Waals surface area contributed by atoms with Crippen LogP contribution < -0.4 is 0 Å². The van der Waals surface area contributed by atoms with Gasteiger partial charge in [0.2, 0.25) is 0 Å². The molecule has 0 rings (SSSR count). The molecule has 0 aromatic rings. The summed E-state index contributed by atoms with van der Waals surface area (Å²) in [7, 11) is -1.00. The Labute approximate surface area is 63.5 Å². The van der Waals surface area contributed by atoms with E-state index >= 15 is 0 Å². The molecule has 1 radical (unpaired) electrons. The van der Waals surface area contributed by atoms with Crippen LogP contribution >= 0.6 is 0 Å². The summed E-state index contributed by atoms with van der Waals surface area (Å²) in [6, 6.07) is 0. The number of hydrogen-bond acceptors (Lipinski definition) is 4. The zero-order valence-electron chi connectivity index (χ0n) is 6.12. The maximum Gasteiger partial charge on any atom is 0.577 e. The summed E-state index contributed by atoms with van der Waals surface area (Å²) in [5, 5.41) is 21.6. The number of oxime groups is 2. The standard InChI is InChI=1S/C4H8N2O2.BF2/c1-3(5-7)4(2)6-8;2-1-3/h7-8H,1-2H3;. The highest BCUT2D eigenvalue weighted by Gasteiger charge is 1.93. The molecule has 0 spiro atoms. The molecule has 0 fully saturated rings. The van der Waals surface area contributed by atoms with E-state index in [0.29, 0.717) is 11.4 Å². The third-order valence-corrected chi connectivity index (χ3v) is 0.824. The van der Waals surface area contributed by atoms with Crippen molar-refractivity contribution in [2.75, 3.05) is 0 Å². The molecule has 0 saturated heterocycles. The van der Waals surface area contributed by atoms with Crippen LogP contribution in [-0.2, 0) is 0 Å². The topological polar surface area (TPSA) is 65.2 Å². The second kappa shape index (κ2) is 8.86. The van der Waals surface area contributed by atoms with E-state index in [1.54, 1.807) is 0 Å². The summed E-state index contributed by atoms with van der Waals surface area (Å²) >= 11 is 0. The zero-order chi connectivity index (χ0) is 9.28. The SMILES string of the molecule is CC(=NO)C(C)=NO.F[B]F. The first-order chi connectivity index (χ1) is 5.13. The molecule has 0 aromatic carbocycles. The van der Waals surface area contributed by atoms with E-state index in [2.05, 4.69) is 10.3 Å². The molecule has 11 heavy (non-hydrogen) atoms. The van der Waals surface area contributed by atoms with E-state index in [1.165, 1.54) is 13.8 Å². The van der Waals surface area contributed by atoms with Gasteiger partial charge in [-0.1, -0.05) is 10.3 Å². The van der Waals surface area contributed by atoms with E-state index in [-0.39, 0.29) is 0 Å². The summed E-state index contributed by atoms with van der Waals surface area (Å²) < 4.78 is 19.0. The lowest BCUT2D eigenvalue weighted by molar-refractivity contribution is 0.313. The molecule has 0 aliphatic rings. The van der Waals surface area contributed by atoms with Gasteiger partial charge in [-0.05, 0) is 13.8 Å². The van der Waals surface area contributed by atoms with Crippen molar-refractivity contribution in [1.82, 2.24) is 0 Å². The molecule has 0 unspecified atom stereocenters. The molecule has 0 aliphatic carbocycles. The van der Waals surface area contributed by atoms with Crippen LogP contribution in [0.25, 0.3) is 0 Å². The minimum absolute atomic E-state index is 0.313. The van der Waals surface area contributed by atoms with E-state index < -0.39 is 7.83 Å². The van der Waals surface area contributed by atoms with E-state index in [1.807, 2.05) is 0 Å². The molecule has 0 aromatic heterocycles. The van der Waals surface area contributed by atoms with Crippen molar-refractivity contribution >= 4 is 19.3 Å². The lowest BCUT2D eigenvalue weighted by Gasteiger charge is -1.88. The largest absolute Gasteiger partial charge is 0.577 e. The maximum absolute atomic E-state index is 9.50. The fourth-order valence-corrected chi connectivity index (χ4v) is 0.145. The molecule has 0 atom stereocenters. The second-order valence-electron chi connectivity index (χ2n) is 1.45. The van der Waals surface area contributed by atoms with Gasteiger partial charge in [-0.15, -0.1) is 0 Å². The van der Waals surface area contributed by atoms with Crippen molar-refractivity contribution < 1.29 is 19.0 Å². The lowest BCUT2D eigenvalue weighted by atomic mass is 10.3. The van der Waals surface area contributed by atoms with Gasteiger partial charge in [0.15, 0.2) is 0 Å². The highest BCUT2D eigenvalue weighted by molar-refractivity contribution is 6.40. The second-order valence-corrected chi connectivity index (χ2v) is 1.45. The van der Waals surface area contributed by atoms with Gasteiger partial charge in [0.25, 0.3) is 0 Å². The van der Waals surface area contributed by atoms with Crippen LogP contribution in [0.3, 0.4) is 0 Å². The zero-order valence-corrected chi connectivity index (χ0v) is 6.12. The van der Waals surface area contributed by atoms with Gasteiger partial charge < -0.3 is 10.4 Å². The quantitative estimate of drug-likeness (QED) is 0.265. The smallest absolute Gasteiger partial charge is 0.411 e. The van der Waals surface area contributed by atoms with Gasteiger partial charge >= 0.3 is 7.83 Å². The summed E-state index contributed by atoms with van der Waals surface area (Å²) in [5.41, 5.74) is 0.625. The molecule has 63 valence electrons. The van der Waals surface area contributed by atoms with E-state index in [4.69, 9.17) is 10.4 Å². The molecule has 2 N–H and O–H groups in total. The first-order valence-corrected chi connectivity index (χ1v) is 2.53. The van der Waals surface area contributed by atoms with Crippen molar-refractivity contribution in [3.8, 4) is 0 Å². The molecule has 4 nitrogen and oxygen atoms in total. The lowest BCUT2D eigenvalue weighted by Crippen LogP contribution is -2.04. The van der Waals surface area contributed by atoms with Crippen LogP contribution in [0.4, 0.5) is 8.63 Å². The number of rotatable bonds is 1. The van der Waals surface area contributed by atoms with Gasteiger partial charge in [0, 0.05) is 0 Å². The number of hydrogen-bond donors (Lipinski definition) is 2. The van der Waals surface area contributed by atoms with E-state index in [9.17, 15) is 8.63 Å². The van der Waals surface area contributed by atoms with Crippen molar-refractivity contribution in [2.45, 2.75) is 13.8 Å². The molecule has 7 heteroatoms. The van der Waals surface area contributed by atoms with Gasteiger partial charge in [-0.3, -0.25) is 8.63 Å². The Morgan fingerprint density at radius 3 is 1.36 bits per heavy atom. The van der Waals surface area contributed by atoms with Crippen LogP contribution in [0.15, 0.2) is 10.3 Å². The monoisotopic (exact) mass is 165 g/mol. The van der Waals surface area contributed by atoms with Gasteiger partial charge in [-0.25, -0.2) is 0 Å². The predicted molar refractivity (Wildman–Crippen MR) is 37.8 cm³/mol. The van der Waals surface area contributed by atoms with Crippen molar-refractivity contribution in [1.29, 1.82) is 0 Å². The first-order valence-electron chi connectivity index (χ1n) is 2.53. The minimum atomic E-state index is -1.00. The molecule has 0 amide bonds. The Bertz CT molecular complexity index is 135. The number of halogens is 2. The first kappa shape index (κ1) is 12.5. The summed E-state index contributed by atoms with van der Waals surface area (Å²) in [6.45, 7) is 3.07. The normalized spacial score (nSPS) is 11.6. The fourth-order valence-electron chi connectivity index (χ4n) is 0.145. The van der Waals surface area contributed by atoms with E-state index in [0.717, 1.165) is 0 Å². The molecular formula is C4H8BF2N2O2. The Kier molecular flexibility index (Phi) is 10.1. The third-order valence-electron chi connectivity index (χ3n) is 0.824. The predicted octanol–water partition coefficient (Wildman–Crippen LogP) is 1.15. The van der Waals surface area contributed by atoms with Crippen molar-refractivity contribution in [2.24, 2.45) is 10.3 Å². The highest BCUT2D eigenvalue weighted by Crippen LogP contribution is 1.79. The molecule has 0 aliphatic heterocycles. The highest BCUT2D eigenvalue weighted by atomic mass is 19.2.